The lowest BCUT2D eigenvalue weighted by Gasteiger charge is -2.07. The van der Waals surface area contributed by atoms with Gasteiger partial charge in [-0.25, -0.2) is 4.98 Å². The van der Waals surface area contributed by atoms with E-state index in [0.717, 1.165) is 0 Å². The molecule has 0 aliphatic carbocycles. The monoisotopic (exact) mass is 285 g/mol. The molecule has 0 fully saturated rings. The summed E-state index contributed by atoms with van der Waals surface area (Å²) in [6.45, 7) is 1.28. The van der Waals surface area contributed by atoms with Crippen LogP contribution < -0.4 is 10.6 Å². The highest BCUT2D eigenvalue weighted by atomic mass is 16.3. The molecule has 0 bridgehead atoms. The zero-order valence-electron chi connectivity index (χ0n) is 11.5. The van der Waals surface area contributed by atoms with Crippen molar-refractivity contribution in [2.24, 2.45) is 0 Å². The molecule has 0 saturated carbocycles. The molecule has 3 N–H and O–H groups in total. The Morgan fingerprint density at radius 3 is 2.71 bits per heavy atom. The van der Waals surface area contributed by atoms with Crippen LogP contribution in [0.5, 0.6) is 0 Å². The number of aliphatic hydroxyl groups excluding tert-OH is 1. The van der Waals surface area contributed by atoms with Gasteiger partial charge in [-0.1, -0.05) is 6.07 Å². The molecule has 0 saturated heterocycles. The van der Waals surface area contributed by atoms with E-state index < -0.39 is 0 Å². The Bertz CT molecular complexity index is 671. The van der Waals surface area contributed by atoms with E-state index in [4.69, 9.17) is 5.11 Å². The summed E-state index contributed by atoms with van der Waals surface area (Å²) in [5.74, 6) is -0.189. The van der Waals surface area contributed by atoms with Crippen LogP contribution in [0.4, 0.5) is 11.5 Å². The molecule has 0 radical (unpaired) electrons. The van der Waals surface area contributed by atoms with Crippen molar-refractivity contribution in [2.75, 3.05) is 10.6 Å². The summed E-state index contributed by atoms with van der Waals surface area (Å²) in [7, 11) is 0. The molecule has 0 aliphatic heterocycles. The van der Waals surface area contributed by atoms with E-state index in [0.29, 0.717) is 22.6 Å². The van der Waals surface area contributed by atoms with Gasteiger partial charge >= 0.3 is 0 Å². The molecule has 2 rings (SSSR count). The fraction of sp³-hybridized carbons (Fsp3) is 0.133. The molecule has 0 unspecified atom stereocenters. The minimum Gasteiger partial charge on any atom is -0.392 e. The van der Waals surface area contributed by atoms with Crippen LogP contribution >= 0.6 is 0 Å². The number of hydrogen-bond acceptors (Lipinski definition) is 4. The molecule has 1 heterocycles. The quantitative estimate of drug-likeness (QED) is 0.798. The Labute approximate surface area is 121 Å². The number of aromatic nitrogens is 1. The minimum atomic E-state index is -0.343. The minimum absolute atomic E-state index is 0.122. The van der Waals surface area contributed by atoms with Gasteiger partial charge in [0.25, 0.3) is 5.91 Å². The van der Waals surface area contributed by atoms with Crippen molar-refractivity contribution >= 4 is 23.3 Å². The maximum atomic E-state index is 12.1. The van der Waals surface area contributed by atoms with Gasteiger partial charge in [0.05, 0.1) is 6.61 Å². The lowest BCUT2D eigenvalue weighted by atomic mass is 10.2. The van der Waals surface area contributed by atoms with Crippen molar-refractivity contribution in [2.45, 2.75) is 13.5 Å². The number of nitrogens with one attached hydrogen (secondary N) is 2. The summed E-state index contributed by atoms with van der Waals surface area (Å²) in [5, 5.41) is 14.3. The number of hydrogen-bond donors (Lipinski definition) is 3. The lowest BCUT2D eigenvalue weighted by molar-refractivity contribution is -0.114. The van der Waals surface area contributed by atoms with Crippen molar-refractivity contribution in [3.8, 4) is 0 Å². The van der Waals surface area contributed by atoms with Crippen LogP contribution in [0.1, 0.15) is 22.8 Å². The SMILES string of the molecule is CC(=O)Nc1cccc(C(=O)Nc2cc(CO)ccn2)c1. The van der Waals surface area contributed by atoms with Gasteiger partial charge < -0.3 is 15.7 Å². The zero-order chi connectivity index (χ0) is 15.2. The number of benzene rings is 1. The Morgan fingerprint density at radius 2 is 2.00 bits per heavy atom. The average molecular weight is 285 g/mol. The van der Waals surface area contributed by atoms with Crippen LogP contribution in [-0.4, -0.2) is 21.9 Å². The van der Waals surface area contributed by atoms with Crippen molar-refractivity contribution in [1.82, 2.24) is 4.98 Å². The summed E-state index contributed by atoms with van der Waals surface area (Å²) in [5.41, 5.74) is 1.61. The number of amides is 2. The normalized spacial score (nSPS) is 10.0. The molecule has 21 heavy (non-hydrogen) atoms. The molecule has 1 aromatic heterocycles. The third-order valence-electron chi connectivity index (χ3n) is 2.69. The molecule has 1 aromatic carbocycles. The molecule has 0 atom stereocenters. The van der Waals surface area contributed by atoms with E-state index in [9.17, 15) is 9.59 Å². The van der Waals surface area contributed by atoms with Crippen LogP contribution in [0.3, 0.4) is 0 Å². The molecule has 6 heteroatoms. The fourth-order valence-electron chi connectivity index (χ4n) is 1.77. The summed E-state index contributed by atoms with van der Waals surface area (Å²) < 4.78 is 0. The second-order valence-electron chi connectivity index (χ2n) is 4.42. The van der Waals surface area contributed by atoms with Gasteiger partial charge in [0.15, 0.2) is 0 Å². The number of rotatable bonds is 4. The first-order valence-electron chi connectivity index (χ1n) is 6.33. The molecule has 108 valence electrons. The van der Waals surface area contributed by atoms with E-state index in [1.54, 1.807) is 36.4 Å². The molecule has 2 aromatic rings. The topological polar surface area (TPSA) is 91.3 Å². The maximum Gasteiger partial charge on any atom is 0.256 e. The van der Waals surface area contributed by atoms with Crippen molar-refractivity contribution < 1.29 is 14.7 Å². The van der Waals surface area contributed by atoms with Gasteiger partial charge in [-0.05, 0) is 35.9 Å². The number of anilines is 2. The molecule has 6 nitrogen and oxygen atoms in total. The van der Waals surface area contributed by atoms with E-state index in [1.807, 2.05) is 0 Å². The van der Waals surface area contributed by atoms with Crippen LogP contribution in [0, 0.1) is 0 Å². The molecule has 2 amide bonds. The van der Waals surface area contributed by atoms with E-state index in [2.05, 4.69) is 15.6 Å². The number of carbonyl (C=O) groups excluding carboxylic acids is 2. The van der Waals surface area contributed by atoms with Gasteiger partial charge in [0.2, 0.25) is 5.91 Å². The second-order valence-corrected chi connectivity index (χ2v) is 4.42. The highest BCUT2D eigenvalue weighted by Gasteiger charge is 2.08. The van der Waals surface area contributed by atoms with Gasteiger partial charge in [0, 0.05) is 24.4 Å². The first-order valence-corrected chi connectivity index (χ1v) is 6.33. The van der Waals surface area contributed by atoms with Gasteiger partial charge in [0.1, 0.15) is 5.82 Å². The zero-order valence-corrected chi connectivity index (χ0v) is 11.5. The highest BCUT2D eigenvalue weighted by Crippen LogP contribution is 2.13. The second kappa shape index (κ2) is 6.62. The third-order valence-corrected chi connectivity index (χ3v) is 2.69. The fourth-order valence-corrected chi connectivity index (χ4v) is 1.77. The van der Waals surface area contributed by atoms with E-state index in [-0.39, 0.29) is 18.4 Å². The van der Waals surface area contributed by atoms with Crippen molar-refractivity contribution in [3.05, 3.63) is 53.7 Å². The standard InChI is InChI=1S/C15H15N3O3/c1-10(20)17-13-4-2-3-12(8-13)15(21)18-14-7-11(9-19)5-6-16-14/h2-8,19H,9H2,1H3,(H,17,20)(H,16,18,21). The molecular weight excluding hydrogens is 270 g/mol. The highest BCUT2D eigenvalue weighted by molar-refractivity contribution is 6.04. The van der Waals surface area contributed by atoms with Crippen LogP contribution in [0.25, 0.3) is 0 Å². The Morgan fingerprint density at radius 1 is 1.19 bits per heavy atom. The summed E-state index contributed by atoms with van der Waals surface area (Å²) in [6.07, 6.45) is 1.51. The summed E-state index contributed by atoms with van der Waals surface area (Å²) in [6, 6.07) is 9.84. The van der Waals surface area contributed by atoms with Crippen LogP contribution in [0.2, 0.25) is 0 Å². The molecule has 0 aliphatic rings. The lowest BCUT2D eigenvalue weighted by Crippen LogP contribution is -2.14. The van der Waals surface area contributed by atoms with E-state index >= 15 is 0 Å². The molecule has 0 spiro atoms. The molecular formula is C15H15N3O3. The summed E-state index contributed by atoms with van der Waals surface area (Å²) in [4.78, 5) is 27.1. The number of aliphatic hydroxyl groups is 1. The average Bonchev–Trinajstić information content (AvgIpc) is 2.47. The van der Waals surface area contributed by atoms with E-state index in [1.165, 1.54) is 13.1 Å². The van der Waals surface area contributed by atoms with Crippen molar-refractivity contribution in [1.29, 1.82) is 0 Å². The van der Waals surface area contributed by atoms with Gasteiger partial charge in [-0.3, -0.25) is 9.59 Å². The largest absolute Gasteiger partial charge is 0.392 e. The van der Waals surface area contributed by atoms with Crippen LogP contribution in [-0.2, 0) is 11.4 Å². The number of carbonyl (C=O) groups is 2. The first kappa shape index (κ1) is 14.7. The predicted molar refractivity (Wildman–Crippen MR) is 78.9 cm³/mol. The number of pyridine rings is 1. The summed E-state index contributed by atoms with van der Waals surface area (Å²) >= 11 is 0. The van der Waals surface area contributed by atoms with Gasteiger partial charge in [-0.2, -0.15) is 0 Å². The smallest absolute Gasteiger partial charge is 0.256 e. The maximum absolute atomic E-state index is 12.1. The Kier molecular flexibility index (Phi) is 4.63. The third kappa shape index (κ3) is 4.12. The van der Waals surface area contributed by atoms with Crippen molar-refractivity contribution in [3.63, 3.8) is 0 Å². The predicted octanol–water partition coefficient (Wildman–Crippen LogP) is 1.78. The first-order chi connectivity index (χ1) is 10.1. The number of nitrogens with zero attached hydrogens (tertiary/aromatic N) is 1. The Balaban J connectivity index is 2.14. The Hall–Kier alpha value is -2.73. The van der Waals surface area contributed by atoms with Crippen LogP contribution in [0.15, 0.2) is 42.6 Å². The van der Waals surface area contributed by atoms with Gasteiger partial charge in [-0.15, -0.1) is 0 Å².